The predicted octanol–water partition coefficient (Wildman–Crippen LogP) is 2.84. The van der Waals surface area contributed by atoms with Crippen LogP contribution in [0.1, 0.15) is 17.5 Å². The standard InChI is InChI=1S/C17H17N3O3S/c1-11-6-5-8-13(12(11)2)19-17(21)10-16-18-14-7-3-4-9-15(14)24(22,23)20-16/h3-9H,10H2,1-2H3,(H,18,20)(H,19,21). The fourth-order valence-corrected chi connectivity index (χ4v) is 3.62. The monoisotopic (exact) mass is 343 g/mol. The van der Waals surface area contributed by atoms with E-state index in [0.717, 1.165) is 11.1 Å². The van der Waals surface area contributed by atoms with Crippen molar-refractivity contribution in [1.29, 1.82) is 0 Å². The number of nitrogens with one attached hydrogen (secondary N) is 2. The molecule has 2 N–H and O–H groups in total. The maximum absolute atomic E-state index is 12.2. The second kappa shape index (κ2) is 6.09. The molecular weight excluding hydrogens is 326 g/mol. The summed E-state index contributed by atoms with van der Waals surface area (Å²) in [6, 6.07) is 12.1. The molecule has 2 aromatic rings. The number of carbonyl (C=O) groups excluding carboxylic acids is 1. The normalized spacial score (nSPS) is 15.0. The van der Waals surface area contributed by atoms with Crippen LogP contribution in [0.2, 0.25) is 0 Å². The number of amidine groups is 1. The first-order valence-corrected chi connectivity index (χ1v) is 8.87. The molecule has 6 nitrogen and oxygen atoms in total. The summed E-state index contributed by atoms with van der Waals surface area (Å²) in [5.74, 6) is -0.221. The van der Waals surface area contributed by atoms with Crippen LogP contribution in [0, 0.1) is 13.8 Å². The minimum atomic E-state index is -3.78. The maximum atomic E-state index is 12.2. The summed E-state index contributed by atoms with van der Waals surface area (Å²) in [7, 11) is -3.78. The summed E-state index contributed by atoms with van der Waals surface area (Å²) in [6.07, 6.45) is -0.152. The van der Waals surface area contributed by atoms with E-state index in [1.807, 2.05) is 32.0 Å². The average Bonchev–Trinajstić information content (AvgIpc) is 2.51. The molecule has 0 aliphatic carbocycles. The minimum absolute atomic E-state index is 0.108. The summed E-state index contributed by atoms with van der Waals surface area (Å²) in [6.45, 7) is 3.88. The number of aryl methyl sites for hydroxylation is 1. The first-order valence-electron chi connectivity index (χ1n) is 7.43. The van der Waals surface area contributed by atoms with Crippen LogP contribution in [0.25, 0.3) is 0 Å². The quantitative estimate of drug-likeness (QED) is 0.897. The number of anilines is 2. The molecule has 0 saturated carbocycles. The minimum Gasteiger partial charge on any atom is -0.341 e. The van der Waals surface area contributed by atoms with Crippen molar-refractivity contribution in [1.82, 2.24) is 0 Å². The zero-order valence-electron chi connectivity index (χ0n) is 13.3. The first kappa shape index (κ1) is 16.2. The number of hydrogen-bond donors (Lipinski definition) is 2. The van der Waals surface area contributed by atoms with Crippen LogP contribution in [-0.2, 0) is 14.8 Å². The maximum Gasteiger partial charge on any atom is 0.286 e. The topological polar surface area (TPSA) is 87.6 Å². The van der Waals surface area contributed by atoms with Crippen LogP contribution in [0.3, 0.4) is 0 Å². The smallest absolute Gasteiger partial charge is 0.286 e. The van der Waals surface area contributed by atoms with E-state index >= 15 is 0 Å². The lowest BCUT2D eigenvalue weighted by atomic mass is 10.1. The summed E-state index contributed by atoms with van der Waals surface area (Å²) >= 11 is 0. The molecule has 0 atom stereocenters. The summed E-state index contributed by atoms with van der Waals surface area (Å²) in [5, 5.41) is 5.70. The molecule has 24 heavy (non-hydrogen) atoms. The van der Waals surface area contributed by atoms with Crippen molar-refractivity contribution in [3.63, 3.8) is 0 Å². The number of nitrogens with zero attached hydrogens (tertiary/aromatic N) is 1. The van der Waals surface area contributed by atoms with Crippen molar-refractivity contribution >= 4 is 33.1 Å². The van der Waals surface area contributed by atoms with Crippen molar-refractivity contribution in [3.05, 3.63) is 53.6 Å². The van der Waals surface area contributed by atoms with Gasteiger partial charge in [-0.15, -0.1) is 4.40 Å². The summed E-state index contributed by atoms with van der Waals surface area (Å²) in [4.78, 5) is 12.4. The van der Waals surface area contributed by atoms with Crippen molar-refractivity contribution in [2.24, 2.45) is 4.40 Å². The van der Waals surface area contributed by atoms with Crippen LogP contribution < -0.4 is 10.6 Å². The Kier molecular flexibility index (Phi) is 4.11. The van der Waals surface area contributed by atoms with Gasteiger partial charge in [-0.2, -0.15) is 8.42 Å². The number of fused-ring (bicyclic) bond motifs is 1. The van der Waals surface area contributed by atoms with E-state index < -0.39 is 10.0 Å². The average molecular weight is 343 g/mol. The number of para-hydroxylation sites is 1. The lowest BCUT2D eigenvalue weighted by Crippen LogP contribution is -2.26. The van der Waals surface area contributed by atoms with Crippen molar-refractivity contribution in [2.75, 3.05) is 10.6 Å². The molecule has 0 aromatic heterocycles. The van der Waals surface area contributed by atoms with Gasteiger partial charge in [0.15, 0.2) is 0 Å². The Labute approximate surface area is 140 Å². The Morgan fingerprint density at radius 2 is 1.88 bits per heavy atom. The van der Waals surface area contributed by atoms with Crippen LogP contribution in [0.15, 0.2) is 51.8 Å². The molecule has 0 fully saturated rings. The molecule has 1 aliphatic rings. The largest absolute Gasteiger partial charge is 0.341 e. The molecule has 1 amide bonds. The Hall–Kier alpha value is -2.67. The van der Waals surface area contributed by atoms with E-state index in [4.69, 9.17) is 0 Å². The van der Waals surface area contributed by atoms with Gasteiger partial charge in [-0.1, -0.05) is 24.3 Å². The predicted molar refractivity (Wildman–Crippen MR) is 93.8 cm³/mol. The molecule has 2 aromatic carbocycles. The lowest BCUT2D eigenvalue weighted by Gasteiger charge is -2.18. The Morgan fingerprint density at radius 1 is 1.12 bits per heavy atom. The third kappa shape index (κ3) is 3.16. The van der Waals surface area contributed by atoms with Gasteiger partial charge >= 0.3 is 0 Å². The van der Waals surface area contributed by atoms with E-state index in [0.29, 0.717) is 11.4 Å². The zero-order chi connectivity index (χ0) is 17.3. The van der Waals surface area contributed by atoms with Gasteiger partial charge in [0, 0.05) is 5.69 Å². The second-order valence-corrected chi connectivity index (χ2v) is 7.18. The number of sulfonamides is 1. The highest BCUT2D eigenvalue weighted by Crippen LogP contribution is 2.27. The van der Waals surface area contributed by atoms with Gasteiger partial charge in [0.05, 0.1) is 12.1 Å². The van der Waals surface area contributed by atoms with Gasteiger partial charge in [-0.05, 0) is 43.2 Å². The van der Waals surface area contributed by atoms with Crippen molar-refractivity contribution < 1.29 is 13.2 Å². The van der Waals surface area contributed by atoms with E-state index in [9.17, 15) is 13.2 Å². The SMILES string of the molecule is Cc1cccc(NC(=O)CC2=NS(=O)(=O)c3ccccc3N2)c1C. The van der Waals surface area contributed by atoms with Gasteiger partial charge in [-0.3, -0.25) is 4.79 Å². The number of hydrogen-bond acceptors (Lipinski definition) is 4. The van der Waals surface area contributed by atoms with E-state index in [-0.39, 0.29) is 23.1 Å². The van der Waals surface area contributed by atoms with Gasteiger partial charge in [0.1, 0.15) is 10.7 Å². The van der Waals surface area contributed by atoms with Crippen LogP contribution in [0.4, 0.5) is 11.4 Å². The Balaban J connectivity index is 1.79. The van der Waals surface area contributed by atoms with Crippen LogP contribution >= 0.6 is 0 Å². The number of benzene rings is 2. The summed E-state index contributed by atoms with van der Waals surface area (Å²) in [5.41, 5.74) is 3.18. The highest BCUT2D eigenvalue weighted by molar-refractivity contribution is 7.90. The molecule has 7 heteroatoms. The summed E-state index contributed by atoms with van der Waals surface area (Å²) < 4.78 is 28.0. The molecular formula is C17H17N3O3S. The van der Waals surface area contributed by atoms with E-state index in [2.05, 4.69) is 15.0 Å². The molecule has 0 saturated heterocycles. The van der Waals surface area contributed by atoms with E-state index in [1.165, 1.54) is 6.07 Å². The third-order valence-electron chi connectivity index (χ3n) is 3.88. The van der Waals surface area contributed by atoms with Gasteiger partial charge in [-0.25, -0.2) is 0 Å². The zero-order valence-corrected chi connectivity index (χ0v) is 14.1. The number of rotatable bonds is 3. The van der Waals surface area contributed by atoms with Gasteiger partial charge in [0.2, 0.25) is 5.91 Å². The Morgan fingerprint density at radius 3 is 2.67 bits per heavy atom. The van der Waals surface area contributed by atoms with Crippen LogP contribution in [-0.4, -0.2) is 20.2 Å². The number of amides is 1. The van der Waals surface area contributed by atoms with E-state index in [1.54, 1.807) is 18.2 Å². The molecule has 124 valence electrons. The highest BCUT2D eigenvalue weighted by atomic mass is 32.2. The van der Waals surface area contributed by atoms with Crippen molar-refractivity contribution in [3.8, 4) is 0 Å². The molecule has 0 radical (unpaired) electrons. The molecule has 3 rings (SSSR count). The number of carbonyl (C=O) groups is 1. The molecule has 0 unspecified atom stereocenters. The lowest BCUT2D eigenvalue weighted by molar-refractivity contribution is -0.115. The highest BCUT2D eigenvalue weighted by Gasteiger charge is 2.25. The van der Waals surface area contributed by atoms with Gasteiger partial charge in [0.25, 0.3) is 10.0 Å². The fraction of sp³-hybridized carbons (Fsp3) is 0.176. The van der Waals surface area contributed by atoms with Gasteiger partial charge < -0.3 is 10.6 Å². The molecule has 1 aliphatic heterocycles. The van der Waals surface area contributed by atoms with Crippen molar-refractivity contribution in [2.45, 2.75) is 25.2 Å². The molecule has 0 bridgehead atoms. The first-order chi connectivity index (χ1) is 11.4. The van der Waals surface area contributed by atoms with Crippen LogP contribution in [0.5, 0.6) is 0 Å². The molecule has 1 heterocycles. The molecule has 0 spiro atoms. The third-order valence-corrected chi connectivity index (χ3v) is 5.25. The second-order valence-electron chi connectivity index (χ2n) is 5.61. The fourth-order valence-electron chi connectivity index (χ4n) is 2.48. The Bertz CT molecular complexity index is 949.